The molecule has 42 valence electrons. The van der Waals surface area contributed by atoms with Crippen molar-refractivity contribution in [1.29, 1.82) is 0 Å². The van der Waals surface area contributed by atoms with Gasteiger partial charge in [0.15, 0.2) is 0 Å². The van der Waals surface area contributed by atoms with Crippen LogP contribution in [0.1, 0.15) is 19.8 Å². The van der Waals surface area contributed by atoms with Crippen LogP contribution in [0, 0.1) is 5.92 Å². The Morgan fingerprint density at radius 3 is 2.14 bits per heavy atom. The molecule has 0 spiro atoms. The second-order valence-corrected chi connectivity index (χ2v) is 3.33. The van der Waals surface area contributed by atoms with Crippen LogP contribution in [0.5, 0.6) is 0 Å². The van der Waals surface area contributed by atoms with Crippen molar-refractivity contribution >= 4 is 12.6 Å². The molecule has 1 rings (SSSR count). The molecule has 0 bridgehead atoms. The fourth-order valence-corrected chi connectivity index (χ4v) is 1.68. The Morgan fingerprint density at radius 2 is 2.14 bits per heavy atom. The van der Waals surface area contributed by atoms with Gasteiger partial charge in [-0.25, -0.2) is 0 Å². The predicted octanol–water partition coefficient (Wildman–Crippen LogP) is 1.03. The van der Waals surface area contributed by atoms with Gasteiger partial charge in [0, 0.05) is 0 Å². The Bertz CT molecular complexity index is 72.1. The van der Waals surface area contributed by atoms with Crippen LogP contribution in [0.15, 0.2) is 0 Å². The number of thiol groups is 1. The largest absolute Gasteiger partial charge is 0.380 e. The first-order chi connectivity index (χ1) is 3.10. The summed E-state index contributed by atoms with van der Waals surface area (Å²) in [6.45, 7) is 2.12. The Hall–Kier alpha value is 0.310. The van der Waals surface area contributed by atoms with Crippen LogP contribution in [0.25, 0.3) is 0 Å². The first-order valence-electron chi connectivity index (χ1n) is 2.55. The Labute approximate surface area is 49.1 Å². The lowest BCUT2D eigenvalue weighted by Gasteiger charge is -2.37. The maximum atomic E-state index is 8.95. The highest BCUT2D eigenvalue weighted by Crippen LogP contribution is 2.39. The Morgan fingerprint density at radius 1 is 1.71 bits per heavy atom. The summed E-state index contributed by atoms with van der Waals surface area (Å²) < 4.78 is 0. The van der Waals surface area contributed by atoms with Gasteiger partial charge in [0.1, 0.15) is 4.93 Å². The summed E-state index contributed by atoms with van der Waals surface area (Å²) in [6, 6.07) is 0. The first kappa shape index (κ1) is 5.45. The Balaban J connectivity index is 2.29. The third kappa shape index (κ3) is 1.10. The lowest BCUT2D eigenvalue weighted by atomic mass is 9.83. The van der Waals surface area contributed by atoms with Gasteiger partial charge in [0.25, 0.3) is 0 Å². The van der Waals surface area contributed by atoms with Gasteiger partial charge in [-0.05, 0) is 18.8 Å². The zero-order valence-electron chi connectivity index (χ0n) is 4.39. The summed E-state index contributed by atoms with van der Waals surface area (Å²) in [5.41, 5.74) is 0. The molecule has 0 aromatic rings. The van der Waals surface area contributed by atoms with Crippen molar-refractivity contribution < 1.29 is 5.11 Å². The number of aliphatic hydroxyl groups is 1. The molecule has 0 radical (unpaired) electrons. The maximum absolute atomic E-state index is 8.95. The summed E-state index contributed by atoms with van der Waals surface area (Å²) in [6.07, 6.45) is 1.71. The van der Waals surface area contributed by atoms with E-state index < -0.39 is 4.93 Å². The van der Waals surface area contributed by atoms with Crippen molar-refractivity contribution in [2.24, 2.45) is 5.92 Å². The van der Waals surface area contributed by atoms with E-state index in [1.807, 2.05) is 0 Å². The number of hydrogen-bond acceptors (Lipinski definition) is 2. The SMILES string of the molecule is CC1CC(O)(S)C1. The predicted molar refractivity (Wildman–Crippen MR) is 32.3 cm³/mol. The molecule has 1 nitrogen and oxygen atoms in total. The molecular formula is C5H10OS. The second kappa shape index (κ2) is 1.39. The lowest BCUT2D eigenvalue weighted by Crippen LogP contribution is -2.36. The minimum Gasteiger partial charge on any atom is -0.380 e. The Kier molecular flexibility index (Phi) is 1.08. The van der Waals surface area contributed by atoms with E-state index in [0.717, 1.165) is 12.8 Å². The van der Waals surface area contributed by atoms with Crippen molar-refractivity contribution in [3.63, 3.8) is 0 Å². The van der Waals surface area contributed by atoms with Gasteiger partial charge >= 0.3 is 0 Å². The molecule has 0 aromatic carbocycles. The van der Waals surface area contributed by atoms with Gasteiger partial charge in [-0.1, -0.05) is 6.92 Å². The third-order valence-electron chi connectivity index (χ3n) is 1.35. The molecule has 0 aromatic heterocycles. The summed E-state index contributed by atoms with van der Waals surface area (Å²) in [7, 11) is 0. The molecule has 0 heterocycles. The smallest absolute Gasteiger partial charge is 0.108 e. The van der Waals surface area contributed by atoms with Crippen LogP contribution < -0.4 is 0 Å². The van der Waals surface area contributed by atoms with E-state index in [0.29, 0.717) is 5.92 Å². The average Bonchev–Trinajstić information content (AvgIpc) is 1.27. The van der Waals surface area contributed by atoms with Gasteiger partial charge in [-0.15, -0.1) is 12.6 Å². The summed E-state index contributed by atoms with van der Waals surface area (Å²) in [5, 5.41) is 8.95. The molecule has 0 unspecified atom stereocenters. The molecule has 0 aliphatic heterocycles. The fraction of sp³-hybridized carbons (Fsp3) is 1.00. The molecule has 1 aliphatic rings. The summed E-state index contributed by atoms with van der Waals surface area (Å²) in [5.74, 6) is 0.683. The topological polar surface area (TPSA) is 20.2 Å². The summed E-state index contributed by atoms with van der Waals surface area (Å²) >= 11 is 3.96. The van der Waals surface area contributed by atoms with Gasteiger partial charge < -0.3 is 5.11 Å². The molecule has 1 fully saturated rings. The van der Waals surface area contributed by atoms with Crippen molar-refractivity contribution in [2.75, 3.05) is 0 Å². The molecule has 0 amide bonds. The van der Waals surface area contributed by atoms with Crippen LogP contribution in [-0.2, 0) is 0 Å². The van der Waals surface area contributed by atoms with E-state index in [4.69, 9.17) is 5.11 Å². The van der Waals surface area contributed by atoms with Crippen LogP contribution in [0.4, 0.5) is 0 Å². The van der Waals surface area contributed by atoms with E-state index in [9.17, 15) is 0 Å². The van der Waals surface area contributed by atoms with Gasteiger partial charge in [0.05, 0.1) is 0 Å². The number of hydrogen-bond donors (Lipinski definition) is 2. The van der Waals surface area contributed by atoms with E-state index in [1.165, 1.54) is 0 Å². The van der Waals surface area contributed by atoms with Crippen molar-refractivity contribution in [1.82, 2.24) is 0 Å². The molecular weight excluding hydrogens is 108 g/mol. The van der Waals surface area contributed by atoms with Crippen LogP contribution >= 0.6 is 12.6 Å². The van der Waals surface area contributed by atoms with Gasteiger partial charge in [0.2, 0.25) is 0 Å². The van der Waals surface area contributed by atoms with E-state index in [2.05, 4.69) is 19.6 Å². The molecule has 7 heavy (non-hydrogen) atoms. The normalized spacial score (nSPS) is 51.0. The molecule has 2 heteroatoms. The fourth-order valence-electron chi connectivity index (χ4n) is 1.06. The zero-order chi connectivity index (χ0) is 5.49. The van der Waals surface area contributed by atoms with Crippen molar-refractivity contribution in [3.05, 3.63) is 0 Å². The van der Waals surface area contributed by atoms with E-state index >= 15 is 0 Å². The molecule has 0 atom stereocenters. The van der Waals surface area contributed by atoms with Crippen LogP contribution in [-0.4, -0.2) is 10.0 Å². The highest BCUT2D eigenvalue weighted by Gasteiger charge is 2.36. The number of rotatable bonds is 0. The maximum Gasteiger partial charge on any atom is 0.108 e. The van der Waals surface area contributed by atoms with Gasteiger partial charge in [-0.3, -0.25) is 0 Å². The standard InChI is InChI=1S/C5H10OS/c1-4-2-5(6,7)3-4/h4,6-7H,2-3H2,1H3. The van der Waals surface area contributed by atoms with Crippen LogP contribution in [0.3, 0.4) is 0 Å². The minimum atomic E-state index is -0.612. The highest BCUT2D eigenvalue weighted by molar-refractivity contribution is 7.81. The van der Waals surface area contributed by atoms with E-state index in [-0.39, 0.29) is 0 Å². The van der Waals surface area contributed by atoms with Crippen molar-refractivity contribution in [2.45, 2.75) is 24.7 Å². The molecule has 1 N–H and O–H groups in total. The van der Waals surface area contributed by atoms with E-state index in [1.54, 1.807) is 0 Å². The van der Waals surface area contributed by atoms with Crippen molar-refractivity contribution in [3.8, 4) is 0 Å². The monoisotopic (exact) mass is 118 g/mol. The first-order valence-corrected chi connectivity index (χ1v) is 3.00. The summed E-state index contributed by atoms with van der Waals surface area (Å²) in [4.78, 5) is -0.612. The zero-order valence-corrected chi connectivity index (χ0v) is 5.28. The molecule has 1 aliphatic carbocycles. The van der Waals surface area contributed by atoms with Crippen LogP contribution in [0.2, 0.25) is 0 Å². The average molecular weight is 118 g/mol. The highest BCUT2D eigenvalue weighted by atomic mass is 32.1. The molecule has 1 saturated carbocycles. The second-order valence-electron chi connectivity index (χ2n) is 2.50. The minimum absolute atomic E-state index is 0.612. The molecule has 0 saturated heterocycles. The third-order valence-corrected chi connectivity index (χ3v) is 1.72. The lowest BCUT2D eigenvalue weighted by molar-refractivity contribution is 0.0190. The quantitative estimate of drug-likeness (QED) is 0.359. The van der Waals surface area contributed by atoms with Gasteiger partial charge in [-0.2, -0.15) is 0 Å².